The van der Waals surface area contributed by atoms with Crippen LogP contribution < -0.4 is 14.8 Å². The zero-order chi connectivity index (χ0) is 27.4. The van der Waals surface area contributed by atoms with Crippen LogP contribution in [0.15, 0.2) is 54.6 Å². The smallest absolute Gasteiger partial charge is 0.224 e. The topological polar surface area (TPSA) is 59.5 Å². The first-order valence-electron chi connectivity index (χ1n) is 13.2. The van der Waals surface area contributed by atoms with Gasteiger partial charge in [0.1, 0.15) is 17.3 Å². The molecular weight excluding hydrogens is 630 g/mol. The first kappa shape index (κ1) is 27.9. The molecule has 1 aromatic heterocycles. The van der Waals surface area contributed by atoms with Crippen LogP contribution in [0.25, 0.3) is 22.2 Å². The molecule has 1 N–H and O–H groups in total. The molecule has 0 atom stereocenters. The molecule has 0 spiro atoms. The van der Waals surface area contributed by atoms with E-state index in [1.807, 2.05) is 26.0 Å². The summed E-state index contributed by atoms with van der Waals surface area (Å²) in [4.78, 5) is 11.9. The zero-order valence-corrected chi connectivity index (χ0v) is 24.9. The van der Waals surface area contributed by atoms with Crippen LogP contribution in [0.4, 0.5) is 10.3 Å². The van der Waals surface area contributed by atoms with Gasteiger partial charge in [-0.15, -0.1) is 0 Å². The van der Waals surface area contributed by atoms with Gasteiger partial charge in [-0.05, 0) is 97.3 Å². The van der Waals surface area contributed by atoms with Crippen LogP contribution in [-0.4, -0.2) is 47.2 Å². The molecule has 2 heterocycles. The van der Waals surface area contributed by atoms with E-state index in [1.165, 1.54) is 11.6 Å². The maximum atomic E-state index is 14.7. The molecule has 39 heavy (non-hydrogen) atoms. The van der Waals surface area contributed by atoms with E-state index in [2.05, 4.69) is 44.9 Å². The van der Waals surface area contributed by atoms with Gasteiger partial charge in [-0.25, -0.2) is 14.4 Å². The summed E-state index contributed by atoms with van der Waals surface area (Å²) in [6, 6.07) is 16.6. The lowest BCUT2D eigenvalue weighted by molar-refractivity contribution is 0.210. The van der Waals surface area contributed by atoms with Crippen LogP contribution in [0.3, 0.4) is 0 Å². The van der Waals surface area contributed by atoms with Crippen LogP contribution in [0.2, 0.25) is 5.02 Å². The van der Waals surface area contributed by atoms with Crippen molar-refractivity contribution in [1.29, 1.82) is 0 Å². The molecular formula is C30H31ClFIN4O2. The number of rotatable bonds is 9. The number of hydrogen-bond donors (Lipinski definition) is 1. The third kappa shape index (κ3) is 6.56. The van der Waals surface area contributed by atoms with Crippen molar-refractivity contribution in [2.24, 2.45) is 0 Å². The largest absolute Gasteiger partial charge is 0.493 e. The van der Waals surface area contributed by atoms with Gasteiger partial charge in [0.15, 0.2) is 0 Å². The maximum absolute atomic E-state index is 14.7. The van der Waals surface area contributed by atoms with Gasteiger partial charge in [0.25, 0.3) is 0 Å². The molecule has 1 saturated heterocycles. The molecule has 1 fully saturated rings. The minimum absolute atomic E-state index is 0.217. The number of hydrogen-bond acceptors (Lipinski definition) is 6. The van der Waals surface area contributed by atoms with Crippen LogP contribution in [0.1, 0.15) is 32.3 Å². The van der Waals surface area contributed by atoms with E-state index in [1.54, 1.807) is 24.3 Å². The number of nitrogens with zero attached hydrogens (tertiary/aromatic N) is 3. The van der Waals surface area contributed by atoms with Gasteiger partial charge in [-0.1, -0.05) is 23.7 Å². The molecule has 9 heteroatoms. The fourth-order valence-electron chi connectivity index (χ4n) is 4.94. The molecule has 0 radical (unpaired) electrons. The Morgan fingerprint density at radius 3 is 2.36 bits per heavy atom. The second-order valence-corrected chi connectivity index (χ2v) is 11.0. The van der Waals surface area contributed by atoms with E-state index in [0.717, 1.165) is 58.4 Å². The highest BCUT2D eigenvalue weighted by molar-refractivity contribution is 14.1. The Morgan fingerprint density at radius 1 is 1.00 bits per heavy atom. The molecule has 6 nitrogen and oxygen atoms in total. The highest BCUT2D eigenvalue weighted by Gasteiger charge is 2.22. The van der Waals surface area contributed by atoms with Gasteiger partial charge in [0.2, 0.25) is 5.95 Å². The van der Waals surface area contributed by atoms with Crippen molar-refractivity contribution < 1.29 is 13.9 Å². The summed E-state index contributed by atoms with van der Waals surface area (Å²) in [7, 11) is 0. The highest BCUT2D eigenvalue weighted by Crippen LogP contribution is 2.34. The number of aromatic nitrogens is 2. The maximum Gasteiger partial charge on any atom is 0.224 e. The van der Waals surface area contributed by atoms with Crippen molar-refractivity contribution in [2.45, 2.75) is 39.3 Å². The number of fused-ring (bicyclic) bond motifs is 1. The Bertz CT molecular complexity index is 1440. The number of halogens is 3. The molecule has 0 unspecified atom stereocenters. The van der Waals surface area contributed by atoms with E-state index >= 15 is 0 Å². The van der Waals surface area contributed by atoms with Crippen LogP contribution >= 0.6 is 34.2 Å². The summed E-state index contributed by atoms with van der Waals surface area (Å²) in [6.45, 7) is 7.91. The van der Waals surface area contributed by atoms with E-state index < -0.39 is 0 Å². The van der Waals surface area contributed by atoms with Gasteiger partial charge in [0, 0.05) is 41.6 Å². The number of piperidine rings is 1. The van der Waals surface area contributed by atoms with Crippen LogP contribution in [0.5, 0.6) is 11.5 Å². The lowest BCUT2D eigenvalue weighted by Crippen LogP contribution is -2.39. The quantitative estimate of drug-likeness (QED) is 0.187. The van der Waals surface area contributed by atoms with Crippen molar-refractivity contribution in [1.82, 2.24) is 14.9 Å². The molecule has 204 valence electrons. The third-order valence-electron chi connectivity index (χ3n) is 6.78. The Hall–Kier alpha value is -2.69. The van der Waals surface area contributed by atoms with Crippen molar-refractivity contribution in [3.63, 3.8) is 0 Å². The third-order valence-corrected chi connectivity index (χ3v) is 8.08. The van der Waals surface area contributed by atoms with E-state index in [0.29, 0.717) is 35.4 Å². The van der Waals surface area contributed by atoms with Crippen molar-refractivity contribution in [3.8, 4) is 22.8 Å². The average molecular weight is 661 g/mol. The summed E-state index contributed by atoms with van der Waals surface area (Å²) in [5.41, 5.74) is 2.87. The Labute approximate surface area is 247 Å². The Balaban J connectivity index is 1.30. The van der Waals surface area contributed by atoms with Crippen molar-refractivity contribution in [2.75, 3.05) is 31.6 Å². The summed E-state index contributed by atoms with van der Waals surface area (Å²) in [6.07, 6.45) is 1.89. The normalized spacial score (nSPS) is 14.5. The van der Waals surface area contributed by atoms with E-state index in [9.17, 15) is 4.39 Å². The lowest BCUT2D eigenvalue weighted by atomic mass is 10.0. The first-order chi connectivity index (χ1) is 18.9. The Kier molecular flexibility index (Phi) is 9.04. The van der Waals surface area contributed by atoms with Gasteiger partial charge in [-0.2, -0.15) is 0 Å². The fourth-order valence-corrected chi connectivity index (χ4v) is 5.73. The predicted octanol–water partition coefficient (Wildman–Crippen LogP) is 7.57. The van der Waals surface area contributed by atoms with Gasteiger partial charge in [0.05, 0.1) is 28.0 Å². The zero-order valence-electron chi connectivity index (χ0n) is 22.0. The molecule has 0 amide bonds. The summed E-state index contributed by atoms with van der Waals surface area (Å²) < 4.78 is 27.5. The van der Waals surface area contributed by atoms with Crippen LogP contribution in [0, 0.1) is 9.39 Å². The minimum Gasteiger partial charge on any atom is -0.493 e. The van der Waals surface area contributed by atoms with Gasteiger partial charge >= 0.3 is 0 Å². The number of likely N-dealkylation sites (tertiary alicyclic amines) is 1. The second kappa shape index (κ2) is 12.7. The van der Waals surface area contributed by atoms with Crippen molar-refractivity contribution in [3.05, 3.63) is 74.6 Å². The number of ether oxygens (including phenoxy) is 2. The van der Waals surface area contributed by atoms with Gasteiger partial charge < -0.3 is 14.8 Å². The molecule has 0 aliphatic carbocycles. The average Bonchev–Trinajstić information content (AvgIpc) is 2.93. The van der Waals surface area contributed by atoms with E-state index in [-0.39, 0.29) is 11.9 Å². The molecule has 0 bridgehead atoms. The first-order valence-corrected chi connectivity index (χ1v) is 14.7. The summed E-state index contributed by atoms with van der Waals surface area (Å²) >= 11 is 8.55. The predicted molar refractivity (Wildman–Crippen MR) is 163 cm³/mol. The number of nitrogens with one attached hydrogen (secondary N) is 1. The highest BCUT2D eigenvalue weighted by atomic mass is 127. The SMILES string of the molecule is CCOc1cc(CN2CCC(Nc3nc(-c4ccccc4F)c4cc(Cl)ccc4n3)CC2)cc(OCC)c1I. The lowest BCUT2D eigenvalue weighted by Gasteiger charge is -2.32. The minimum atomic E-state index is -0.327. The van der Waals surface area contributed by atoms with Crippen molar-refractivity contribution >= 4 is 51.0 Å². The molecule has 0 saturated carbocycles. The fraction of sp³-hybridized carbons (Fsp3) is 0.333. The molecule has 5 rings (SSSR count). The number of benzene rings is 3. The molecule has 3 aromatic carbocycles. The molecule has 4 aromatic rings. The summed E-state index contributed by atoms with van der Waals surface area (Å²) in [5.74, 6) is 1.92. The summed E-state index contributed by atoms with van der Waals surface area (Å²) in [5, 5.41) is 4.80. The Morgan fingerprint density at radius 2 is 1.69 bits per heavy atom. The van der Waals surface area contributed by atoms with E-state index in [4.69, 9.17) is 31.0 Å². The molecule has 1 aliphatic heterocycles. The molecule has 1 aliphatic rings. The second-order valence-electron chi connectivity index (χ2n) is 9.50. The van der Waals surface area contributed by atoms with Gasteiger partial charge in [-0.3, -0.25) is 4.90 Å². The standard InChI is InChI=1S/C30H31ClFIN4O2/c1-3-38-26-15-19(16-27(28(26)33)39-4-2)18-37-13-11-21(12-14-37)34-30-35-25-10-9-20(31)17-23(25)29(36-30)22-7-5-6-8-24(22)32/h5-10,15-17,21H,3-4,11-14,18H2,1-2H3,(H,34,35,36). The van der Waals surface area contributed by atoms with Crippen LogP contribution in [-0.2, 0) is 6.54 Å². The monoisotopic (exact) mass is 660 g/mol. The number of anilines is 1.